The van der Waals surface area contributed by atoms with Crippen molar-refractivity contribution in [1.82, 2.24) is 0 Å². The van der Waals surface area contributed by atoms with Gasteiger partial charge in [-0.1, -0.05) is 53.1 Å². The standard InChI is InChI=1S/C25H33ClF3NO5Si/c1-16(2)36(17(3)4,18(5)6)14-9-22(31)30(24(23(32)33)10-12-34-13-11-24)19-7-8-21(20(26)15-19)35-25(27,28)29/h7-8,15-18H,10-13H2,1-6H3,(H,32,33). The first kappa shape index (κ1) is 30.0. The number of nitrogens with zero attached hydrogens (tertiary/aromatic N) is 1. The summed E-state index contributed by atoms with van der Waals surface area (Å²) in [7, 11) is -2.34. The lowest BCUT2D eigenvalue weighted by atomic mass is 9.87. The molecule has 1 aliphatic rings. The van der Waals surface area contributed by atoms with Gasteiger partial charge in [0, 0.05) is 31.7 Å². The van der Waals surface area contributed by atoms with Crippen LogP contribution in [0.4, 0.5) is 18.9 Å². The van der Waals surface area contributed by atoms with Crippen molar-refractivity contribution in [2.45, 2.75) is 82.9 Å². The first-order chi connectivity index (χ1) is 16.6. The fraction of sp³-hybridized carbons (Fsp3) is 0.600. The number of carbonyl (C=O) groups excluding carboxylic acids is 1. The molecule has 1 fully saturated rings. The third-order valence-electron chi connectivity index (χ3n) is 7.00. The summed E-state index contributed by atoms with van der Waals surface area (Å²) in [6.07, 6.45) is -5.00. The van der Waals surface area contributed by atoms with Crippen LogP contribution in [-0.2, 0) is 14.3 Å². The Morgan fingerprint density at radius 3 is 2.06 bits per heavy atom. The summed E-state index contributed by atoms with van der Waals surface area (Å²) < 4.78 is 47.4. The molecule has 0 saturated carbocycles. The minimum Gasteiger partial charge on any atom is -0.479 e. The zero-order valence-electron chi connectivity index (χ0n) is 21.3. The van der Waals surface area contributed by atoms with Crippen molar-refractivity contribution >= 4 is 37.2 Å². The van der Waals surface area contributed by atoms with Gasteiger partial charge in [-0.25, -0.2) is 4.79 Å². The highest BCUT2D eigenvalue weighted by atomic mass is 35.5. The summed E-state index contributed by atoms with van der Waals surface area (Å²) in [6.45, 7) is 12.7. The highest BCUT2D eigenvalue weighted by Crippen LogP contribution is 2.41. The Labute approximate surface area is 216 Å². The van der Waals surface area contributed by atoms with Crippen LogP contribution >= 0.6 is 11.6 Å². The lowest BCUT2D eigenvalue weighted by molar-refractivity contribution is -0.274. The van der Waals surface area contributed by atoms with Gasteiger partial charge in [-0.15, -0.1) is 18.7 Å². The number of halogens is 4. The first-order valence-corrected chi connectivity index (χ1v) is 14.4. The van der Waals surface area contributed by atoms with Gasteiger partial charge in [0.15, 0.2) is 5.54 Å². The molecule has 0 radical (unpaired) electrons. The van der Waals surface area contributed by atoms with Crippen LogP contribution in [0.5, 0.6) is 5.75 Å². The molecule has 1 heterocycles. The summed E-state index contributed by atoms with van der Waals surface area (Å²) in [4.78, 5) is 27.3. The maximum absolute atomic E-state index is 13.7. The number of ether oxygens (including phenoxy) is 2. The molecule has 0 bridgehead atoms. The van der Waals surface area contributed by atoms with Crippen molar-refractivity contribution in [2.24, 2.45) is 0 Å². The Balaban J connectivity index is 2.69. The van der Waals surface area contributed by atoms with Gasteiger partial charge in [-0.05, 0) is 40.7 Å². The van der Waals surface area contributed by atoms with E-state index in [1.54, 1.807) is 0 Å². The van der Waals surface area contributed by atoms with Crippen molar-refractivity contribution < 1.29 is 37.3 Å². The molecular formula is C25H33ClF3NO5Si. The largest absolute Gasteiger partial charge is 0.573 e. The molecular weight excluding hydrogens is 515 g/mol. The predicted molar refractivity (Wildman–Crippen MR) is 135 cm³/mol. The second kappa shape index (κ2) is 11.4. The van der Waals surface area contributed by atoms with Crippen LogP contribution in [0.15, 0.2) is 18.2 Å². The van der Waals surface area contributed by atoms with Gasteiger partial charge >= 0.3 is 18.2 Å². The monoisotopic (exact) mass is 547 g/mol. The van der Waals surface area contributed by atoms with Crippen LogP contribution in [-0.4, -0.2) is 50.2 Å². The van der Waals surface area contributed by atoms with E-state index in [2.05, 4.69) is 57.7 Å². The van der Waals surface area contributed by atoms with Gasteiger partial charge in [-0.3, -0.25) is 9.69 Å². The molecule has 1 amide bonds. The number of rotatable bonds is 7. The van der Waals surface area contributed by atoms with Gasteiger partial charge in [0.05, 0.1) is 5.02 Å². The molecule has 0 atom stereocenters. The third-order valence-corrected chi connectivity index (χ3v) is 13.6. The van der Waals surface area contributed by atoms with E-state index < -0.39 is 42.6 Å². The number of carboxylic acid groups (broad SMARTS) is 1. The van der Waals surface area contributed by atoms with Crippen LogP contribution in [0.3, 0.4) is 0 Å². The summed E-state index contributed by atoms with van der Waals surface area (Å²) in [5, 5.41) is 9.83. The van der Waals surface area contributed by atoms with Crippen LogP contribution in [0.25, 0.3) is 0 Å². The minimum atomic E-state index is -4.96. The van der Waals surface area contributed by atoms with Gasteiger partial charge in [-0.2, -0.15) is 0 Å². The number of benzene rings is 1. The molecule has 2 rings (SSSR count). The van der Waals surface area contributed by atoms with E-state index >= 15 is 0 Å². The second-order valence-electron chi connectivity index (χ2n) is 9.90. The zero-order chi connectivity index (χ0) is 27.5. The lowest BCUT2D eigenvalue weighted by Gasteiger charge is -2.42. The molecule has 0 unspecified atom stereocenters. The van der Waals surface area contributed by atoms with Crippen LogP contribution in [0.1, 0.15) is 54.4 Å². The molecule has 1 aliphatic heterocycles. The average Bonchev–Trinajstić information content (AvgIpc) is 2.75. The van der Waals surface area contributed by atoms with Crippen LogP contribution in [0.2, 0.25) is 21.6 Å². The van der Waals surface area contributed by atoms with Crippen LogP contribution in [0, 0.1) is 11.5 Å². The van der Waals surface area contributed by atoms with Crippen molar-refractivity contribution in [3.63, 3.8) is 0 Å². The summed E-state index contributed by atoms with van der Waals surface area (Å²) in [6, 6.07) is 3.24. The topological polar surface area (TPSA) is 76.1 Å². The lowest BCUT2D eigenvalue weighted by Crippen LogP contribution is -2.60. The maximum atomic E-state index is 13.7. The minimum absolute atomic E-state index is 0.0176. The average molecular weight is 548 g/mol. The number of hydrogen-bond donors (Lipinski definition) is 1. The van der Waals surface area contributed by atoms with Gasteiger partial charge in [0.1, 0.15) is 13.8 Å². The van der Waals surface area contributed by atoms with E-state index in [4.69, 9.17) is 16.3 Å². The predicted octanol–water partition coefficient (Wildman–Crippen LogP) is 6.43. The molecule has 0 aromatic heterocycles. The highest BCUT2D eigenvalue weighted by molar-refractivity contribution is 6.90. The van der Waals surface area contributed by atoms with E-state index in [0.717, 1.165) is 17.0 Å². The molecule has 36 heavy (non-hydrogen) atoms. The Morgan fingerprint density at radius 1 is 1.11 bits per heavy atom. The van der Waals surface area contributed by atoms with Gasteiger partial charge < -0.3 is 14.6 Å². The van der Waals surface area contributed by atoms with Gasteiger partial charge in [0.2, 0.25) is 0 Å². The molecule has 0 aliphatic carbocycles. The number of hydrogen-bond acceptors (Lipinski definition) is 4. The fourth-order valence-corrected chi connectivity index (χ4v) is 10.7. The van der Waals surface area contributed by atoms with E-state index in [1.807, 2.05) is 0 Å². The van der Waals surface area contributed by atoms with Crippen LogP contribution < -0.4 is 9.64 Å². The Hall–Kier alpha value is -2.22. The molecule has 1 aromatic rings. The number of amides is 1. The van der Waals surface area contributed by atoms with Gasteiger partial charge in [0.25, 0.3) is 0 Å². The molecule has 0 spiro atoms. The Morgan fingerprint density at radius 2 is 1.64 bits per heavy atom. The molecule has 200 valence electrons. The van der Waals surface area contributed by atoms with E-state index in [0.29, 0.717) is 0 Å². The van der Waals surface area contributed by atoms with E-state index in [-0.39, 0.29) is 48.4 Å². The Bertz CT molecular complexity index is 1000. The van der Waals surface area contributed by atoms with E-state index in [9.17, 15) is 27.9 Å². The SMILES string of the molecule is CC(C)[Si](C#CC(=O)N(c1ccc(OC(F)(F)F)c(Cl)c1)C1(C(=O)O)CCOCC1)(C(C)C)C(C)C. The first-order valence-electron chi connectivity index (χ1n) is 11.8. The normalized spacial score (nSPS) is 16.0. The maximum Gasteiger partial charge on any atom is 0.573 e. The second-order valence-corrected chi connectivity index (χ2v) is 15.9. The summed E-state index contributed by atoms with van der Waals surface area (Å²) in [5.74, 6) is 0.0891. The number of aliphatic carboxylic acids is 1. The number of carboxylic acids is 1. The van der Waals surface area contributed by atoms with E-state index in [1.165, 1.54) is 6.07 Å². The molecule has 1 aromatic carbocycles. The smallest absolute Gasteiger partial charge is 0.479 e. The summed E-state index contributed by atoms with van der Waals surface area (Å²) >= 11 is 6.06. The number of anilines is 1. The van der Waals surface area contributed by atoms with Crippen molar-refractivity contribution in [2.75, 3.05) is 18.1 Å². The third kappa shape index (κ3) is 6.18. The quantitative estimate of drug-likeness (QED) is 0.314. The van der Waals surface area contributed by atoms with Crippen molar-refractivity contribution in [3.8, 4) is 17.2 Å². The molecule has 11 heteroatoms. The Kier molecular flexibility index (Phi) is 9.54. The van der Waals surface area contributed by atoms with Crippen molar-refractivity contribution in [1.29, 1.82) is 0 Å². The molecule has 6 nitrogen and oxygen atoms in total. The summed E-state index contributed by atoms with van der Waals surface area (Å²) in [5.41, 5.74) is 2.32. The number of carbonyl (C=O) groups is 2. The molecule has 1 N–H and O–H groups in total. The fourth-order valence-electron chi connectivity index (χ4n) is 5.29. The highest BCUT2D eigenvalue weighted by Gasteiger charge is 2.49. The molecule has 1 saturated heterocycles. The number of alkyl halides is 3. The zero-order valence-corrected chi connectivity index (χ0v) is 23.1. The van der Waals surface area contributed by atoms with Crippen molar-refractivity contribution in [3.05, 3.63) is 23.2 Å².